The number of hydrogen-bond donors (Lipinski definition) is 1. The van der Waals surface area contributed by atoms with Crippen LogP contribution in [0.2, 0.25) is 0 Å². The van der Waals surface area contributed by atoms with Crippen molar-refractivity contribution in [3.63, 3.8) is 0 Å². The van der Waals surface area contributed by atoms with Gasteiger partial charge in [0.1, 0.15) is 18.4 Å². The highest BCUT2D eigenvalue weighted by Crippen LogP contribution is 2.29. The summed E-state index contributed by atoms with van der Waals surface area (Å²) in [5.41, 5.74) is 1.27. The molecule has 1 aliphatic heterocycles. The Bertz CT molecular complexity index is 1090. The van der Waals surface area contributed by atoms with Gasteiger partial charge in [-0.05, 0) is 25.0 Å². The van der Waals surface area contributed by atoms with Crippen molar-refractivity contribution in [2.45, 2.75) is 38.8 Å². The quantitative estimate of drug-likeness (QED) is 0.695. The molecule has 1 aliphatic rings. The lowest BCUT2D eigenvalue weighted by molar-refractivity contribution is -0.120. The van der Waals surface area contributed by atoms with Crippen molar-refractivity contribution in [2.24, 2.45) is 0 Å². The first-order valence-corrected chi connectivity index (χ1v) is 10.0. The van der Waals surface area contributed by atoms with E-state index in [-0.39, 0.29) is 24.4 Å². The molecule has 4 rings (SSSR count). The average Bonchev–Trinajstić information content (AvgIpc) is 3.15. The van der Waals surface area contributed by atoms with Crippen LogP contribution in [0.15, 0.2) is 36.7 Å². The number of anilines is 1. The molecule has 0 saturated heterocycles. The zero-order valence-electron chi connectivity index (χ0n) is 17.2. The number of aromatic nitrogens is 4. The minimum absolute atomic E-state index is 0.00702. The molecule has 0 fully saturated rings. The van der Waals surface area contributed by atoms with Gasteiger partial charge in [0.15, 0.2) is 5.65 Å². The minimum Gasteiger partial charge on any atom is -0.489 e. The maximum Gasteiger partial charge on any atom is 0.289 e. The Hall–Kier alpha value is -3.49. The Morgan fingerprint density at radius 2 is 2.03 bits per heavy atom. The number of carbonyl (C=O) groups excluding carboxylic acids is 2. The van der Waals surface area contributed by atoms with E-state index in [1.165, 1.54) is 4.90 Å². The van der Waals surface area contributed by atoms with Crippen LogP contribution in [0.3, 0.4) is 0 Å². The number of carbonyl (C=O) groups is 2. The zero-order chi connectivity index (χ0) is 21.3. The summed E-state index contributed by atoms with van der Waals surface area (Å²) in [7, 11) is 1.66. The van der Waals surface area contributed by atoms with Crippen molar-refractivity contribution in [1.29, 1.82) is 0 Å². The Balaban J connectivity index is 1.57. The van der Waals surface area contributed by atoms with Gasteiger partial charge < -0.3 is 15.0 Å². The molecule has 0 spiro atoms. The first-order chi connectivity index (χ1) is 14.5. The average molecular weight is 408 g/mol. The third-order valence-electron chi connectivity index (χ3n) is 5.39. The molecule has 0 aliphatic carbocycles. The third-order valence-corrected chi connectivity index (χ3v) is 5.39. The predicted molar refractivity (Wildman–Crippen MR) is 112 cm³/mol. The first kappa shape index (κ1) is 19.8. The number of para-hydroxylation sites is 2. The van der Waals surface area contributed by atoms with Crippen molar-refractivity contribution in [3.05, 3.63) is 42.5 Å². The molecule has 9 nitrogen and oxygen atoms in total. The summed E-state index contributed by atoms with van der Waals surface area (Å²) in [5.74, 6) is -0.212. The minimum atomic E-state index is -0.849. The number of fused-ring (bicyclic) bond motifs is 2. The molecule has 156 valence electrons. The zero-order valence-corrected chi connectivity index (χ0v) is 17.2. The van der Waals surface area contributed by atoms with Gasteiger partial charge in [-0.3, -0.25) is 9.59 Å². The summed E-state index contributed by atoms with van der Waals surface area (Å²) in [4.78, 5) is 35.8. The molecule has 0 bridgehead atoms. The molecule has 30 heavy (non-hydrogen) atoms. The highest BCUT2D eigenvalue weighted by molar-refractivity contribution is 6.02. The second-order valence-corrected chi connectivity index (χ2v) is 7.23. The molecule has 9 heteroatoms. The molecular formula is C21H24N6O3. The van der Waals surface area contributed by atoms with Crippen LogP contribution >= 0.6 is 0 Å². The van der Waals surface area contributed by atoms with E-state index in [0.29, 0.717) is 17.1 Å². The molecule has 1 atom stereocenters. The summed E-state index contributed by atoms with van der Waals surface area (Å²) >= 11 is 0. The summed E-state index contributed by atoms with van der Waals surface area (Å²) < 4.78 is 7.58. The normalized spacial score (nSPS) is 16.3. The van der Waals surface area contributed by atoms with E-state index in [2.05, 4.69) is 34.2 Å². The van der Waals surface area contributed by atoms with Crippen LogP contribution in [-0.4, -0.2) is 51.3 Å². The predicted octanol–water partition coefficient (Wildman–Crippen LogP) is 2.34. The van der Waals surface area contributed by atoms with Crippen LogP contribution in [0.1, 0.15) is 43.3 Å². The number of likely N-dealkylation sites (N-methyl/N-ethyl adjacent to an activating group) is 1. The topological polar surface area (TPSA) is 102 Å². The molecule has 3 aromatic rings. The van der Waals surface area contributed by atoms with Crippen molar-refractivity contribution in [3.8, 4) is 5.75 Å². The molecule has 2 aromatic heterocycles. The molecule has 0 saturated carbocycles. The largest absolute Gasteiger partial charge is 0.489 e. The Morgan fingerprint density at radius 3 is 2.80 bits per heavy atom. The van der Waals surface area contributed by atoms with E-state index in [1.807, 2.05) is 16.8 Å². The fourth-order valence-corrected chi connectivity index (χ4v) is 3.63. The lowest BCUT2D eigenvalue weighted by atomic mass is 10.2. The number of benzene rings is 1. The molecular weight excluding hydrogens is 384 g/mol. The van der Waals surface area contributed by atoms with Crippen LogP contribution in [0.25, 0.3) is 11.0 Å². The van der Waals surface area contributed by atoms with E-state index in [1.54, 1.807) is 31.6 Å². The van der Waals surface area contributed by atoms with E-state index in [4.69, 9.17) is 4.74 Å². The van der Waals surface area contributed by atoms with Gasteiger partial charge >= 0.3 is 0 Å². The maximum atomic E-state index is 12.8. The van der Waals surface area contributed by atoms with Crippen LogP contribution in [0.5, 0.6) is 5.75 Å². The summed E-state index contributed by atoms with van der Waals surface area (Å²) in [5, 5.41) is 7.89. The van der Waals surface area contributed by atoms with Crippen molar-refractivity contribution in [1.82, 2.24) is 25.1 Å². The van der Waals surface area contributed by atoms with E-state index in [0.717, 1.165) is 18.2 Å². The molecule has 2 amide bonds. The molecule has 0 radical (unpaired) electrons. The van der Waals surface area contributed by atoms with Gasteiger partial charge in [0.2, 0.25) is 5.82 Å². The number of nitrogens with one attached hydrogen (secondary N) is 1. The smallest absolute Gasteiger partial charge is 0.289 e. The van der Waals surface area contributed by atoms with Crippen molar-refractivity contribution < 1.29 is 14.3 Å². The lowest BCUT2D eigenvalue weighted by Gasteiger charge is -2.20. The Kier molecular flexibility index (Phi) is 5.35. The van der Waals surface area contributed by atoms with Gasteiger partial charge in [-0.15, -0.1) is 0 Å². The monoisotopic (exact) mass is 408 g/mol. The Morgan fingerprint density at radius 1 is 1.27 bits per heavy atom. The number of nitrogens with zero attached hydrogens (tertiary/aromatic N) is 5. The van der Waals surface area contributed by atoms with Crippen molar-refractivity contribution in [2.75, 3.05) is 18.6 Å². The lowest BCUT2D eigenvalue weighted by Crippen LogP contribution is -2.49. The van der Waals surface area contributed by atoms with Gasteiger partial charge in [0, 0.05) is 13.2 Å². The van der Waals surface area contributed by atoms with E-state index in [9.17, 15) is 9.59 Å². The van der Waals surface area contributed by atoms with E-state index < -0.39 is 11.9 Å². The first-order valence-electron chi connectivity index (χ1n) is 10.0. The van der Waals surface area contributed by atoms with Crippen LogP contribution < -0.4 is 15.0 Å². The van der Waals surface area contributed by atoms with Crippen molar-refractivity contribution >= 4 is 28.5 Å². The van der Waals surface area contributed by atoms with Gasteiger partial charge in [-0.25, -0.2) is 14.6 Å². The number of rotatable bonds is 5. The molecule has 0 unspecified atom stereocenters. The molecule has 1 N–H and O–H groups in total. The third kappa shape index (κ3) is 3.47. The summed E-state index contributed by atoms with van der Waals surface area (Å²) in [6.45, 7) is 4.20. The van der Waals surface area contributed by atoms with Crippen LogP contribution in [0, 0.1) is 0 Å². The number of hydrogen-bond acceptors (Lipinski definition) is 6. The van der Waals surface area contributed by atoms with Crippen LogP contribution in [0.4, 0.5) is 5.69 Å². The summed E-state index contributed by atoms with van der Waals surface area (Å²) in [6, 6.07) is 6.60. The Labute approximate surface area is 174 Å². The highest BCUT2D eigenvalue weighted by atomic mass is 16.5. The highest BCUT2D eigenvalue weighted by Gasteiger charge is 2.31. The fourth-order valence-electron chi connectivity index (χ4n) is 3.63. The SMILES string of the molecule is CCC(CC)n1ncc2cnc(C(=O)N[C@H]3COc4ccccc4N(C)C3=O)nc21. The van der Waals surface area contributed by atoms with Gasteiger partial charge in [0.25, 0.3) is 11.8 Å². The number of amides is 2. The second kappa shape index (κ2) is 8.10. The summed E-state index contributed by atoms with van der Waals surface area (Å²) in [6.07, 6.45) is 5.08. The van der Waals surface area contributed by atoms with Gasteiger partial charge in [-0.2, -0.15) is 5.10 Å². The van der Waals surface area contributed by atoms with Gasteiger partial charge in [0.05, 0.1) is 23.3 Å². The maximum absolute atomic E-state index is 12.8. The van der Waals surface area contributed by atoms with Crippen LogP contribution in [-0.2, 0) is 4.79 Å². The standard InChI is InChI=1S/C21H24N6O3/c1-4-14(5-2)27-19-13(11-23-27)10-22-18(25-19)20(28)24-15-12-30-17-9-7-6-8-16(17)26(3)21(15)29/h6-11,14-15H,4-5,12H2,1-3H3,(H,24,28)/t15-/m0/s1. The second-order valence-electron chi connectivity index (χ2n) is 7.23. The fraction of sp³-hybridized carbons (Fsp3) is 0.381. The van der Waals surface area contributed by atoms with Gasteiger partial charge in [-0.1, -0.05) is 26.0 Å². The molecule has 1 aromatic carbocycles. The molecule has 3 heterocycles. The van der Waals surface area contributed by atoms with E-state index >= 15 is 0 Å². The number of ether oxygens (including phenoxy) is 1.